The Labute approximate surface area is 59.1 Å². The van der Waals surface area contributed by atoms with Crippen molar-refractivity contribution in [1.29, 1.82) is 0 Å². The maximum atomic E-state index is 3.96. The molecule has 0 saturated heterocycles. The average Bonchev–Trinajstić information content (AvgIpc) is 1.64. The van der Waals surface area contributed by atoms with Crippen LogP contribution in [0.25, 0.3) is 0 Å². The van der Waals surface area contributed by atoms with Gasteiger partial charge < -0.3 is 0 Å². The largest absolute Gasteiger partial charge is 0.299 e. The maximum Gasteiger partial charge on any atom is 0.00700 e. The van der Waals surface area contributed by atoms with Gasteiger partial charge >= 0.3 is 0 Å². The van der Waals surface area contributed by atoms with Gasteiger partial charge in [-0.25, -0.2) is 0 Å². The van der Waals surface area contributed by atoms with E-state index in [0.717, 1.165) is 6.54 Å². The van der Waals surface area contributed by atoms with Gasteiger partial charge in [-0.15, -0.1) is 0 Å². The molecule has 1 heteroatoms. The fourth-order valence-electron chi connectivity index (χ4n) is 1.19. The molecule has 1 unspecified atom stereocenters. The van der Waals surface area contributed by atoms with E-state index in [0.29, 0.717) is 12.1 Å². The predicted octanol–water partition coefficient (Wildman–Crippen LogP) is 1.94. The van der Waals surface area contributed by atoms with Crippen LogP contribution in [-0.4, -0.2) is 23.5 Å². The molecule has 0 aliphatic rings. The van der Waals surface area contributed by atoms with E-state index in [4.69, 9.17) is 0 Å². The van der Waals surface area contributed by atoms with Gasteiger partial charge in [0, 0.05) is 12.1 Å². The van der Waals surface area contributed by atoms with Crippen molar-refractivity contribution in [1.82, 2.24) is 4.90 Å². The Balaban J connectivity index is 3.68. The second-order valence-corrected chi connectivity index (χ2v) is 2.77. The lowest BCUT2D eigenvalue weighted by atomic mass is 10.2. The molecular weight excluding hydrogens is 110 g/mol. The zero-order chi connectivity index (χ0) is 7.44. The van der Waals surface area contributed by atoms with E-state index < -0.39 is 0 Å². The van der Waals surface area contributed by atoms with Crippen molar-refractivity contribution in [3.05, 3.63) is 6.92 Å². The van der Waals surface area contributed by atoms with Gasteiger partial charge in [-0.3, -0.25) is 4.90 Å². The molecule has 0 bridgehead atoms. The van der Waals surface area contributed by atoms with Crippen LogP contribution >= 0.6 is 0 Å². The zero-order valence-corrected chi connectivity index (χ0v) is 7.02. The van der Waals surface area contributed by atoms with Gasteiger partial charge in [0.1, 0.15) is 0 Å². The number of rotatable bonds is 3. The fourth-order valence-corrected chi connectivity index (χ4v) is 1.19. The normalized spacial score (nSPS) is 12.0. The Morgan fingerprint density at radius 1 is 1.33 bits per heavy atom. The smallest absolute Gasteiger partial charge is 0.00700 e. The topological polar surface area (TPSA) is 3.24 Å². The van der Waals surface area contributed by atoms with Crippen LogP contribution in [0.5, 0.6) is 0 Å². The summed E-state index contributed by atoms with van der Waals surface area (Å²) in [5, 5.41) is 0. The maximum absolute atomic E-state index is 3.96. The van der Waals surface area contributed by atoms with E-state index >= 15 is 0 Å². The van der Waals surface area contributed by atoms with Crippen molar-refractivity contribution in [2.24, 2.45) is 0 Å². The van der Waals surface area contributed by atoms with Crippen LogP contribution in [0.1, 0.15) is 27.7 Å². The summed E-state index contributed by atoms with van der Waals surface area (Å²) in [5.41, 5.74) is 0. The molecule has 0 aliphatic carbocycles. The fraction of sp³-hybridized carbons (Fsp3) is 0.875. The third-order valence-corrected chi connectivity index (χ3v) is 1.59. The quantitative estimate of drug-likeness (QED) is 0.561. The van der Waals surface area contributed by atoms with E-state index in [1.165, 1.54) is 0 Å². The molecule has 0 aromatic heterocycles. The first-order valence-corrected chi connectivity index (χ1v) is 3.68. The number of hydrogen-bond donors (Lipinski definition) is 0. The van der Waals surface area contributed by atoms with E-state index in [-0.39, 0.29) is 0 Å². The summed E-state index contributed by atoms with van der Waals surface area (Å²) in [7, 11) is 0. The molecular formula is C8H18N. The zero-order valence-electron chi connectivity index (χ0n) is 7.02. The second kappa shape index (κ2) is 3.89. The van der Waals surface area contributed by atoms with E-state index in [1.807, 2.05) is 0 Å². The molecule has 0 saturated carbocycles. The minimum absolute atomic E-state index is 0.440. The highest BCUT2D eigenvalue weighted by Crippen LogP contribution is 2.02. The molecule has 9 heavy (non-hydrogen) atoms. The lowest BCUT2D eigenvalue weighted by Gasteiger charge is -2.28. The molecule has 0 aromatic carbocycles. The van der Waals surface area contributed by atoms with Crippen molar-refractivity contribution in [2.45, 2.75) is 39.8 Å². The molecule has 0 fully saturated rings. The van der Waals surface area contributed by atoms with Gasteiger partial charge in [0.15, 0.2) is 0 Å². The minimum atomic E-state index is 0.440. The molecule has 55 valence electrons. The van der Waals surface area contributed by atoms with Crippen LogP contribution in [0.15, 0.2) is 0 Å². The molecule has 1 atom stereocenters. The monoisotopic (exact) mass is 128 g/mol. The van der Waals surface area contributed by atoms with E-state index in [2.05, 4.69) is 39.5 Å². The molecule has 0 aromatic rings. The van der Waals surface area contributed by atoms with Crippen molar-refractivity contribution < 1.29 is 0 Å². The first-order chi connectivity index (χ1) is 4.09. The summed E-state index contributed by atoms with van der Waals surface area (Å²) in [5.74, 6) is 0. The van der Waals surface area contributed by atoms with Crippen LogP contribution in [-0.2, 0) is 0 Å². The average molecular weight is 128 g/mol. The minimum Gasteiger partial charge on any atom is -0.299 e. The SMILES string of the molecule is [CH2]C(C)N(CC)C(C)C. The first kappa shape index (κ1) is 8.96. The third kappa shape index (κ3) is 2.85. The summed E-state index contributed by atoms with van der Waals surface area (Å²) >= 11 is 0. The van der Waals surface area contributed by atoms with Crippen molar-refractivity contribution in [3.8, 4) is 0 Å². The highest BCUT2D eigenvalue weighted by Gasteiger charge is 2.09. The summed E-state index contributed by atoms with van der Waals surface area (Å²) in [6.45, 7) is 13.8. The van der Waals surface area contributed by atoms with Crippen LogP contribution in [0, 0.1) is 6.92 Å². The molecule has 1 radical (unpaired) electrons. The van der Waals surface area contributed by atoms with Gasteiger partial charge in [0.05, 0.1) is 0 Å². The lowest BCUT2D eigenvalue weighted by molar-refractivity contribution is 0.201. The number of nitrogens with zero attached hydrogens (tertiary/aromatic N) is 1. The van der Waals surface area contributed by atoms with Gasteiger partial charge in [0.2, 0.25) is 0 Å². The third-order valence-electron chi connectivity index (χ3n) is 1.59. The molecule has 0 spiro atoms. The Bertz CT molecular complexity index is 59.0. The molecule has 0 heterocycles. The van der Waals surface area contributed by atoms with Gasteiger partial charge in [0.25, 0.3) is 0 Å². The Kier molecular flexibility index (Phi) is 3.87. The molecule has 0 amide bonds. The van der Waals surface area contributed by atoms with Gasteiger partial charge in [-0.2, -0.15) is 0 Å². The molecule has 0 N–H and O–H groups in total. The van der Waals surface area contributed by atoms with Crippen LogP contribution in [0.2, 0.25) is 0 Å². The summed E-state index contributed by atoms with van der Waals surface area (Å²) in [4.78, 5) is 2.35. The van der Waals surface area contributed by atoms with Crippen molar-refractivity contribution in [3.63, 3.8) is 0 Å². The van der Waals surface area contributed by atoms with E-state index in [9.17, 15) is 0 Å². The summed E-state index contributed by atoms with van der Waals surface area (Å²) in [6.07, 6.45) is 0. The standard InChI is InChI=1S/C8H18N/c1-6-9(7(2)3)8(4)5/h7-8H,2,6H2,1,3-5H3. The Hall–Kier alpha value is -0.0400. The predicted molar refractivity (Wildman–Crippen MR) is 42.3 cm³/mol. The molecule has 0 rings (SSSR count). The van der Waals surface area contributed by atoms with Gasteiger partial charge in [-0.05, 0) is 34.2 Å². The lowest BCUT2D eigenvalue weighted by Crippen LogP contribution is -2.36. The highest BCUT2D eigenvalue weighted by atomic mass is 15.2. The van der Waals surface area contributed by atoms with Gasteiger partial charge in [-0.1, -0.05) is 6.92 Å². The molecule has 0 aliphatic heterocycles. The molecule has 1 nitrogen and oxygen atoms in total. The summed E-state index contributed by atoms with van der Waals surface area (Å²) < 4.78 is 0. The number of hydrogen-bond acceptors (Lipinski definition) is 1. The highest BCUT2D eigenvalue weighted by molar-refractivity contribution is 4.70. The Morgan fingerprint density at radius 2 is 1.78 bits per heavy atom. The van der Waals surface area contributed by atoms with Crippen molar-refractivity contribution in [2.75, 3.05) is 6.54 Å². The van der Waals surface area contributed by atoms with Crippen LogP contribution in [0.4, 0.5) is 0 Å². The van der Waals surface area contributed by atoms with Crippen molar-refractivity contribution >= 4 is 0 Å². The first-order valence-electron chi connectivity index (χ1n) is 3.68. The van der Waals surface area contributed by atoms with Crippen LogP contribution < -0.4 is 0 Å². The summed E-state index contributed by atoms with van der Waals surface area (Å²) in [6, 6.07) is 1.07. The second-order valence-electron chi connectivity index (χ2n) is 2.77. The van der Waals surface area contributed by atoms with Crippen LogP contribution in [0.3, 0.4) is 0 Å². The Morgan fingerprint density at radius 3 is 1.78 bits per heavy atom. The van der Waals surface area contributed by atoms with E-state index in [1.54, 1.807) is 0 Å².